The number of carbonyl (C=O) groups is 2. The highest BCUT2D eigenvalue weighted by molar-refractivity contribution is 6.06. The summed E-state index contributed by atoms with van der Waals surface area (Å²) in [4.78, 5) is 26.1. The van der Waals surface area contributed by atoms with Gasteiger partial charge >= 0.3 is 11.9 Å². The third-order valence-corrected chi connectivity index (χ3v) is 5.77. The van der Waals surface area contributed by atoms with Crippen molar-refractivity contribution >= 4 is 11.9 Å². The van der Waals surface area contributed by atoms with E-state index in [2.05, 4.69) is 11.8 Å². The summed E-state index contributed by atoms with van der Waals surface area (Å²) in [5.41, 5.74) is 5.43. The molecule has 3 aromatic rings. The third-order valence-electron chi connectivity index (χ3n) is 5.77. The van der Waals surface area contributed by atoms with Crippen LogP contribution in [-0.4, -0.2) is 26.2 Å². The molecule has 4 nitrogen and oxygen atoms in total. The van der Waals surface area contributed by atoms with E-state index < -0.39 is 11.9 Å². The Bertz CT molecular complexity index is 1220. The van der Waals surface area contributed by atoms with Gasteiger partial charge in [0.25, 0.3) is 0 Å². The first-order valence-electron chi connectivity index (χ1n) is 10.7. The highest BCUT2D eigenvalue weighted by Crippen LogP contribution is 2.39. The quantitative estimate of drug-likeness (QED) is 0.428. The first-order valence-corrected chi connectivity index (χ1v) is 10.7. The van der Waals surface area contributed by atoms with Crippen molar-refractivity contribution in [2.75, 3.05) is 14.2 Å². The van der Waals surface area contributed by atoms with E-state index in [9.17, 15) is 9.59 Å². The molecule has 3 aromatic carbocycles. The van der Waals surface area contributed by atoms with Gasteiger partial charge in [-0.15, -0.1) is 0 Å². The Labute approximate surface area is 188 Å². The number of fused-ring (bicyclic) bond motifs is 1. The van der Waals surface area contributed by atoms with Crippen molar-refractivity contribution < 1.29 is 19.1 Å². The fraction of sp³-hybridized carbons (Fsp3) is 0.214. The van der Waals surface area contributed by atoms with E-state index in [0.717, 1.165) is 35.1 Å². The highest BCUT2D eigenvalue weighted by Gasteiger charge is 2.32. The van der Waals surface area contributed by atoms with Crippen molar-refractivity contribution in [2.24, 2.45) is 0 Å². The SMILES string of the molecule is COC(=O)c1c(C#Cc2ccccc2)c(-c2ccccc2)c(C(=O)OC)c2c1CCCC2. The molecule has 0 N–H and O–H groups in total. The summed E-state index contributed by atoms with van der Waals surface area (Å²) in [5.74, 6) is 5.54. The molecule has 1 aliphatic carbocycles. The Kier molecular flexibility index (Phi) is 6.37. The van der Waals surface area contributed by atoms with Gasteiger partial charge in [-0.2, -0.15) is 0 Å². The molecule has 0 saturated carbocycles. The predicted molar refractivity (Wildman–Crippen MR) is 124 cm³/mol. The predicted octanol–water partition coefficient (Wildman–Crippen LogP) is 5.21. The molecule has 0 aliphatic heterocycles. The summed E-state index contributed by atoms with van der Waals surface area (Å²) < 4.78 is 10.4. The number of methoxy groups -OCH3 is 2. The lowest BCUT2D eigenvalue weighted by molar-refractivity contribution is 0.0584. The minimum atomic E-state index is -0.436. The molecule has 0 heterocycles. The molecule has 0 unspecified atom stereocenters. The van der Waals surface area contributed by atoms with Crippen LogP contribution in [0.4, 0.5) is 0 Å². The number of hydrogen-bond acceptors (Lipinski definition) is 4. The fourth-order valence-electron chi connectivity index (χ4n) is 4.34. The third kappa shape index (κ3) is 4.02. The van der Waals surface area contributed by atoms with E-state index in [1.807, 2.05) is 60.7 Å². The molecule has 32 heavy (non-hydrogen) atoms. The van der Waals surface area contributed by atoms with E-state index in [4.69, 9.17) is 9.47 Å². The normalized spacial score (nSPS) is 12.2. The van der Waals surface area contributed by atoms with Crippen molar-refractivity contribution in [1.29, 1.82) is 0 Å². The van der Waals surface area contributed by atoms with Crippen LogP contribution < -0.4 is 0 Å². The molecule has 0 radical (unpaired) electrons. The molecule has 0 fully saturated rings. The van der Waals surface area contributed by atoms with Gasteiger partial charge in [-0.25, -0.2) is 9.59 Å². The number of ether oxygens (including phenoxy) is 2. The van der Waals surface area contributed by atoms with Crippen molar-refractivity contribution in [3.8, 4) is 23.0 Å². The minimum absolute atomic E-state index is 0.416. The maximum Gasteiger partial charge on any atom is 0.339 e. The topological polar surface area (TPSA) is 52.6 Å². The maximum atomic E-state index is 13.1. The van der Waals surface area contributed by atoms with Crippen LogP contribution in [0.15, 0.2) is 60.7 Å². The molecule has 0 saturated heterocycles. The largest absolute Gasteiger partial charge is 0.465 e. The lowest BCUT2D eigenvalue weighted by Gasteiger charge is -2.26. The van der Waals surface area contributed by atoms with Crippen LogP contribution in [-0.2, 0) is 22.3 Å². The van der Waals surface area contributed by atoms with E-state index in [0.29, 0.717) is 35.1 Å². The molecule has 0 spiro atoms. The van der Waals surface area contributed by atoms with Crippen LogP contribution in [0.1, 0.15) is 55.8 Å². The molecule has 0 atom stereocenters. The van der Waals surface area contributed by atoms with Crippen LogP contribution in [0, 0.1) is 11.8 Å². The Morgan fingerprint density at radius 2 is 1.25 bits per heavy atom. The molecule has 0 aromatic heterocycles. The van der Waals surface area contributed by atoms with Crippen LogP contribution in [0.3, 0.4) is 0 Å². The second kappa shape index (κ2) is 9.53. The standard InChI is InChI=1S/C28H24O4/c1-31-27(29)25-21-15-9-10-16-22(21)26(28(30)32-2)24(20-13-7-4-8-14-20)23(25)18-17-19-11-5-3-6-12-19/h3-8,11-14H,9-10,15-16H2,1-2H3. The summed E-state index contributed by atoms with van der Waals surface area (Å²) in [6.07, 6.45) is 3.28. The van der Waals surface area contributed by atoms with Crippen molar-refractivity contribution in [2.45, 2.75) is 25.7 Å². The summed E-state index contributed by atoms with van der Waals surface area (Å²) in [5, 5.41) is 0. The first kappa shape index (κ1) is 21.4. The second-order valence-electron chi connectivity index (χ2n) is 7.63. The van der Waals surface area contributed by atoms with E-state index >= 15 is 0 Å². The zero-order valence-corrected chi connectivity index (χ0v) is 18.2. The second-order valence-corrected chi connectivity index (χ2v) is 7.63. The lowest BCUT2D eigenvalue weighted by Crippen LogP contribution is -2.21. The number of esters is 2. The Morgan fingerprint density at radius 3 is 1.84 bits per heavy atom. The molecular weight excluding hydrogens is 400 g/mol. The monoisotopic (exact) mass is 424 g/mol. The summed E-state index contributed by atoms with van der Waals surface area (Å²) in [6.45, 7) is 0. The lowest BCUT2D eigenvalue weighted by atomic mass is 9.78. The van der Waals surface area contributed by atoms with Crippen LogP contribution in [0.5, 0.6) is 0 Å². The van der Waals surface area contributed by atoms with Crippen LogP contribution in [0.25, 0.3) is 11.1 Å². The van der Waals surface area contributed by atoms with E-state index in [1.165, 1.54) is 14.2 Å². The van der Waals surface area contributed by atoms with E-state index in [1.54, 1.807) is 0 Å². The molecule has 160 valence electrons. The highest BCUT2D eigenvalue weighted by atomic mass is 16.5. The number of hydrogen-bond donors (Lipinski definition) is 0. The van der Waals surface area contributed by atoms with Gasteiger partial charge in [-0.3, -0.25) is 0 Å². The summed E-state index contributed by atoms with van der Waals surface area (Å²) in [7, 11) is 2.76. The fourth-order valence-corrected chi connectivity index (χ4v) is 4.34. The maximum absolute atomic E-state index is 13.1. The summed E-state index contributed by atoms with van der Waals surface area (Å²) in [6, 6.07) is 19.1. The average Bonchev–Trinajstić information content (AvgIpc) is 2.86. The van der Waals surface area contributed by atoms with Gasteiger partial charge in [0.15, 0.2) is 0 Å². The Balaban J connectivity index is 2.14. The zero-order valence-electron chi connectivity index (χ0n) is 18.2. The molecule has 4 heteroatoms. The van der Waals surface area contributed by atoms with Gasteiger partial charge in [0.2, 0.25) is 0 Å². The van der Waals surface area contributed by atoms with Gasteiger partial charge in [-0.1, -0.05) is 60.4 Å². The van der Waals surface area contributed by atoms with Crippen molar-refractivity contribution in [3.63, 3.8) is 0 Å². The number of rotatable bonds is 3. The van der Waals surface area contributed by atoms with Crippen LogP contribution >= 0.6 is 0 Å². The molecule has 4 rings (SSSR count). The Morgan fingerprint density at radius 1 is 0.719 bits per heavy atom. The average molecular weight is 424 g/mol. The number of benzene rings is 3. The van der Waals surface area contributed by atoms with Gasteiger partial charge < -0.3 is 9.47 Å². The molecule has 0 amide bonds. The van der Waals surface area contributed by atoms with Gasteiger partial charge in [0, 0.05) is 16.7 Å². The first-order chi connectivity index (χ1) is 15.7. The molecule has 1 aliphatic rings. The number of carbonyl (C=O) groups excluding carboxylic acids is 2. The van der Waals surface area contributed by atoms with E-state index in [-0.39, 0.29) is 0 Å². The zero-order chi connectivity index (χ0) is 22.5. The summed E-state index contributed by atoms with van der Waals surface area (Å²) >= 11 is 0. The minimum Gasteiger partial charge on any atom is -0.465 e. The van der Waals surface area contributed by atoms with Crippen molar-refractivity contribution in [1.82, 2.24) is 0 Å². The van der Waals surface area contributed by atoms with Gasteiger partial charge in [0.1, 0.15) is 0 Å². The Hall–Kier alpha value is -3.84. The molecule has 0 bridgehead atoms. The van der Waals surface area contributed by atoms with Gasteiger partial charge in [-0.05, 0) is 54.5 Å². The van der Waals surface area contributed by atoms with Gasteiger partial charge in [0.05, 0.1) is 25.3 Å². The van der Waals surface area contributed by atoms with Crippen LogP contribution in [0.2, 0.25) is 0 Å². The molecular formula is C28H24O4. The van der Waals surface area contributed by atoms with Crippen molar-refractivity contribution in [3.05, 3.63) is 94.0 Å². The smallest absolute Gasteiger partial charge is 0.339 e.